The summed E-state index contributed by atoms with van der Waals surface area (Å²) in [6, 6.07) is 7.28. The first-order chi connectivity index (χ1) is 8.15. The molecule has 0 spiro atoms. The first kappa shape index (κ1) is 12.4. The Kier molecular flexibility index (Phi) is 4.06. The van der Waals surface area contributed by atoms with E-state index in [9.17, 15) is 0 Å². The van der Waals surface area contributed by atoms with E-state index in [4.69, 9.17) is 4.74 Å². The van der Waals surface area contributed by atoms with Gasteiger partial charge in [-0.05, 0) is 48.9 Å². The molecule has 0 atom stereocenters. The van der Waals surface area contributed by atoms with E-state index in [2.05, 4.69) is 44.3 Å². The van der Waals surface area contributed by atoms with Crippen LogP contribution in [0.4, 0.5) is 0 Å². The minimum absolute atomic E-state index is 0.557. The molecular formula is C15H23NO. The van der Waals surface area contributed by atoms with Gasteiger partial charge in [0.2, 0.25) is 0 Å². The summed E-state index contributed by atoms with van der Waals surface area (Å²) in [6.07, 6.45) is 2.67. The zero-order valence-electron chi connectivity index (χ0n) is 11.1. The fourth-order valence-electron chi connectivity index (χ4n) is 1.91. The van der Waals surface area contributed by atoms with E-state index in [0.717, 1.165) is 24.9 Å². The highest BCUT2D eigenvalue weighted by Gasteiger charge is 2.19. The molecule has 17 heavy (non-hydrogen) atoms. The minimum Gasteiger partial charge on any atom is -0.492 e. The number of hydrogen-bond donors (Lipinski definition) is 1. The summed E-state index contributed by atoms with van der Waals surface area (Å²) in [6.45, 7) is 8.27. The molecule has 1 aliphatic rings. The lowest BCUT2D eigenvalue weighted by molar-refractivity contribution is 0.313. The van der Waals surface area contributed by atoms with Crippen molar-refractivity contribution in [2.75, 3.05) is 13.2 Å². The van der Waals surface area contributed by atoms with Crippen LogP contribution in [0.25, 0.3) is 0 Å². The van der Waals surface area contributed by atoms with E-state index in [-0.39, 0.29) is 0 Å². The van der Waals surface area contributed by atoms with Gasteiger partial charge in [0.25, 0.3) is 0 Å². The molecule has 0 unspecified atom stereocenters. The molecule has 0 radical (unpaired) electrons. The first-order valence-electron chi connectivity index (χ1n) is 6.63. The molecule has 0 bridgehead atoms. The molecule has 0 heterocycles. The topological polar surface area (TPSA) is 21.3 Å². The Balaban J connectivity index is 1.85. The van der Waals surface area contributed by atoms with E-state index in [1.54, 1.807) is 0 Å². The second-order valence-corrected chi connectivity index (χ2v) is 5.31. The van der Waals surface area contributed by atoms with E-state index in [0.29, 0.717) is 5.92 Å². The van der Waals surface area contributed by atoms with Gasteiger partial charge in [0.05, 0.1) is 0 Å². The molecule has 0 saturated heterocycles. The average Bonchev–Trinajstić information content (AvgIpc) is 3.07. The van der Waals surface area contributed by atoms with Crippen molar-refractivity contribution in [1.29, 1.82) is 0 Å². The molecule has 1 saturated carbocycles. The van der Waals surface area contributed by atoms with Gasteiger partial charge in [-0.25, -0.2) is 0 Å². The summed E-state index contributed by atoms with van der Waals surface area (Å²) >= 11 is 0. The quantitative estimate of drug-likeness (QED) is 0.762. The minimum atomic E-state index is 0.557. The summed E-state index contributed by atoms with van der Waals surface area (Å²) in [5.41, 5.74) is 2.64. The van der Waals surface area contributed by atoms with Crippen LogP contribution in [0.1, 0.15) is 43.7 Å². The van der Waals surface area contributed by atoms with Crippen LogP contribution in [0.3, 0.4) is 0 Å². The number of nitrogens with one attached hydrogen (secondary N) is 1. The van der Waals surface area contributed by atoms with Crippen LogP contribution in [-0.2, 0) is 0 Å². The van der Waals surface area contributed by atoms with Crippen LogP contribution >= 0.6 is 0 Å². The summed E-state index contributed by atoms with van der Waals surface area (Å²) < 4.78 is 5.79. The molecule has 94 valence electrons. The number of ether oxygens (including phenoxy) is 1. The first-order valence-corrected chi connectivity index (χ1v) is 6.63. The van der Waals surface area contributed by atoms with Gasteiger partial charge in [-0.3, -0.25) is 0 Å². The highest BCUT2D eigenvalue weighted by molar-refractivity contribution is 5.35. The van der Waals surface area contributed by atoms with Gasteiger partial charge < -0.3 is 10.1 Å². The smallest absolute Gasteiger partial charge is 0.119 e. The summed E-state index contributed by atoms with van der Waals surface area (Å²) in [5.74, 6) is 1.56. The van der Waals surface area contributed by atoms with Gasteiger partial charge in [-0.2, -0.15) is 0 Å². The van der Waals surface area contributed by atoms with Crippen LogP contribution in [-0.4, -0.2) is 19.2 Å². The molecule has 1 fully saturated rings. The molecule has 0 aliphatic heterocycles. The Hall–Kier alpha value is -1.02. The number of benzene rings is 1. The number of hydrogen-bond acceptors (Lipinski definition) is 2. The Morgan fingerprint density at radius 2 is 2.06 bits per heavy atom. The molecule has 2 nitrogen and oxygen atoms in total. The standard InChI is InChI=1S/C15H23NO/c1-11(2)13-8-12(3)9-15(10-13)17-7-6-16-14-4-5-14/h8-11,14,16H,4-7H2,1-3H3. The lowest BCUT2D eigenvalue weighted by atomic mass is 10.0. The zero-order valence-corrected chi connectivity index (χ0v) is 11.1. The van der Waals surface area contributed by atoms with Crippen LogP contribution in [0.2, 0.25) is 0 Å². The second kappa shape index (κ2) is 5.54. The fourth-order valence-corrected chi connectivity index (χ4v) is 1.91. The van der Waals surface area contributed by atoms with Gasteiger partial charge in [-0.15, -0.1) is 0 Å². The maximum absolute atomic E-state index is 5.79. The largest absolute Gasteiger partial charge is 0.492 e. The van der Waals surface area contributed by atoms with E-state index < -0.39 is 0 Å². The normalized spacial score (nSPS) is 15.3. The van der Waals surface area contributed by atoms with Crippen molar-refractivity contribution < 1.29 is 4.74 Å². The third-order valence-corrected chi connectivity index (χ3v) is 3.12. The van der Waals surface area contributed by atoms with Gasteiger partial charge in [0, 0.05) is 12.6 Å². The van der Waals surface area contributed by atoms with Gasteiger partial charge in [0.15, 0.2) is 0 Å². The second-order valence-electron chi connectivity index (χ2n) is 5.31. The monoisotopic (exact) mass is 233 g/mol. The van der Waals surface area contributed by atoms with Crippen LogP contribution in [0.5, 0.6) is 5.75 Å². The average molecular weight is 233 g/mol. The van der Waals surface area contributed by atoms with E-state index in [1.807, 2.05) is 0 Å². The van der Waals surface area contributed by atoms with Crippen LogP contribution in [0, 0.1) is 6.92 Å². The SMILES string of the molecule is Cc1cc(OCCNC2CC2)cc(C(C)C)c1. The van der Waals surface area contributed by atoms with Crippen molar-refractivity contribution in [3.8, 4) is 5.75 Å². The van der Waals surface area contributed by atoms with Crippen molar-refractivity contribution in [1.82, 2.24) is 5.32 Å². The highest BCUT2D eigenvalue weighted by Crippen LogP contribution is 2.23. The Morgan fingerprint density at radius 1 is 1.29 bits per heavy atom. The fraction of sp³-hybridized carbons (Fsp3) is 0.600. The lowest BCUT2D eigenvalue weighted by Gasteiger charge is -2.12. The molecule has 0 amide bonds. The van der Waals surface area contributed by atoms with Crippen LogP contribution in [0.15, 0.2) is 18.2 Å². The lowest BCUT2D eigenvalue weighted by Crippen LogP contribution is -2.22. The van der Waals surface area contributed by atoms with Crippen molar-refractivity contribution in [3.63, 3.8) is 0 Å². The van der Waals surface area contributed by atoms with Crippen molar-refractivity contribution in [3.05, 3.63) is 29.3 Å². The molecular weight excluding hydrogens is 210 g/mol. The predicted molar refractivity (Wildman–Crippen MR) is 71.8 cm³/mol. The molecule has 1 aromatic rings. The van der Waals surface area contributed by atoms with E-state index >= 15 is 0 Å². The molecule has 2 rings (SSSR count). The van der Waals surface area contributed by atoms with E-state index in [1.165, 1.54) is 24.0 Å². The Morgan fingerprint density at radius 3 is 2.71 bits per heavy atom. The predicted octanol–water partition coefficient (Wildman–Crippen LogP) is 3.25. The molecule has 0 aromatic heterocycles. The summed E-state index contributed by atoms with van der Waals surface area (Å²) in [5, 5.41) is 3.45. The van der Waals surface area contributed by atoms with Gasteiger partial charge in [0.1, 0.15) is 12.4 Å². The number of aryl methyl sites for hydroxylation is 1. The Bertz CT molecular complexity index is 369. The molecule has 2 heteroatoms. The summed E-state index contributed by atoms with van der Waals surface area (Å²) in [4.78, 5) is 0. The van der Waals surface area contributed by atoms with Gasteiger partial charge >= 0.3 is 0 Å². The molecule has 1 aliphatic carbocycles. The number of rotatable bonds is 6. The zero-order chi connectivity index (χ0) is 12.3. The highest BCUT2D eigenvalue weighted by atomic mass is 16.5. The van der Waals surface area contributed by atoms with Crippen molar-refractivity contribution in [2.24, 2.45) is 0 Å². The maximum Gasteiger partial charge on any atom is 0.119 e. The summed E-state index contributed by atoms with van der Waals surface area (Å²) in [7, 11) is 0. The molecule has 1 aromatic carbocycles. The third-order valence-electron chi connectivity index (χ3n) is 3.12. The van der Waals surface area contributed by atoms with Gasteiger partial charge in [-0.1, -0.05) is 19.9 Å². The third kappa shape index (κ3) is 4.04. The van der Waals surface area contributed by atoms with Crippen molar-refractivity contribution >= 4 is 0 Å². The van der Waals surface area contributed by atoms with Crippen molar-refractivity contribution in [2.45, 2.75) is 45.6 Å². The van der Waals surface area contributed by atoms with Crippen LogP contribution < -0.4 is 10.1 Å². The Labute approximate surface area is 104 Å². The molecule has 1 N–H and O–H groups in total. The maximum atomic E-state index is 5.79.